The average Bonchev–Trinajstić information content (AvgIpc) is 1.95. The minimum Gasteiger partial charge on any atom is -0.790 e. The number of carboxylic acids is 3. The molecule has 0 radical (unpaired) electrons. The van der Waals surface area contributed by atoms with Gasteiger partial charge in [0.25, 0.3) is 0 Å². The molecule has 0 unspecified atom stereocenters. The number of aliphatic carboxylic acids is 3. The van der Waals surface area contributed by atoms with Crippen LogP contribution in [0.3, 0.4) is 0 Å². The quantitative estimate of drug-likeness (QED) is 0.229. The van der Waals surface area contributed by atoms with E-state index in [9.17, 15) is 14.4 Å². The van der Waals surface area contributed by atoms with Crippen LogP contribution in [-0.4, -0.2) is 54.3 Å². The Hall–Kier alpha value is 0.440. The van der Waals surface area contributed by atoms with Crippen molar-refractivity contribution in [1.82, 2.24) is 0 Å². The molecule has 0 saturated heterocycles. The van der Waals surface area contributed by atoms with Crippen LogP contribution in [-0.2, 0) is 18.9 Å². The van der Waals surface area contributed by atoms with Crippen LogP contribution in [0, 0.1) is 0 Å². The van der Waals surface area contributed by atoms with E-state index in [4.69, 9.17) is 39.7 Å². The molecule has 0 aromatic carbocycles. The van der Waals surface area contributed by atoms with E-state index in [1.807, 2.05) is 0 Å². The van der Waals surface area contributed by atoms with Crippen molar-refractivity contribution in [3.63, 3.8) is 0 Å². The van der Waals surface area contributed by atoms with E-state index in [-0.39, 0.29) is 64.6 Å². The smallest absolute Gasteiger partial charge is 0.790 e. The summed E-state index contributed by atoms with van der Waals surface area (Å²) >= 11 is 0. The Kier molecular flexibility index (Phi) is 22.2. The summed E-state index contributed by atoms with van der Waals surface area (Å²) in [5, 5.41) is 33.8. The van der Waals surface area contributed by atoms with Crippen molar-refractivity contribution >= 4 is 25.7 Å². The fraction of sp³-hybridized carbons (Fsp3) is 0.500. The van der Waals surface area contributed by atoms with Crippen LogP contribution in [0.25, 0.3) is 0 Å². The molecule has 0 aromatic rings. The zero-order chi connectivity index (χ0) is 15.1. The zero-order valence-electron chi connectivity index (χ0n) is 11.0. The molecule has 0 aromatic heterocycles. The van der Waals surface area contributed by atoms with Crippen LogP contribution in [0.5, 0.6) is 0 Å². The molecule has 0 aliphatic heterocycles. The predicted molar refractivity (Wildman–Crippen MR) is 50.5 cm³/mol. The average molecular weight is 352 g/mol. The van der Waals surface area contributed by atoms with Crippen LogP contribution >= 0.6 is 7.82 Å². The zero-order valence-corrected chi connectivity index (χ0v) is 15.9. The van der Waals surface area contributed by atoms with Gasteiger partial charge in [-0.2, -0.15) is 0 Å². The van der Waals surface area contributed by atoms with Gasteiger partial charge >= 0.3 is 77.0 Å². The van der Waals surface area contributed by atoms with Crippen molar-refractivity contribution < 1.29 is 119 Å². The maximum Gasteiger partial charge on any atom is 1.00 e. The van der Waals surface area contributed by atoms with Gasteiger partial charge in [-0.05, 0) is 0 Å². The minimum absolute atomic E-state index is 0. The molecule has 12 nitrogen and oxygen atoms in total. The Morgan fingerprint density at radius 3 is 1.24 bits per heavy atom. The number of phosphoric acid groups is 1. The molecule has 0 amide bonds. The van der Waals surface area contributed by atoms with Gasteiger partial charge in [0.2, 0.25) is 0 Å². The van der Waals surface area contributed by atoms with E-state index in [0.717, 1.165) is 0 Å². The summed E-state index contributed by atoms with van der Waals surface area (Å²) in [5.74, 6) is -5.02. The summed E-state index contributed by atoms with van der Waals surface area (Å²) in [4.78, 5) is 54.8. The van der Waals surface area contributed by atoms with Crippen LogP contribution < -0.4 is 68.9 Å². The summed E-state index contributed by atoms with van der Waals surface area (Å²) in [6.45, 7) is 0. The van der Waals surface area contributed by atoms with Gasteiger partial charge in [0.15, 0.2) is 5.60 Å². The normalized spacial score (nSPS) is 9.52. The summed E-state index contributed by atoms with van der Waals surface area (Å²) in [6.07, 6.45) is -2.29. The third kappa shape index (κ3) is 25.7. The maximum atomic E-state index is 10.3. The van der Waals surface area contributed by atoms with Crippen LogP contribution in [0.4, 0.5) is 0 Å². The molecule has 0 aliphatic carbocycles. The van der Waals surface area contributed by atoms with Gasteiger partial charge in [-0.3, -0.25) is 9.59 Å². The van der Waals surface area contributed by atoms with Crippen molar-refractivity contribution in [2.24, 2.45) is 0 Å². The Bertz CT molecular complexity index is 354. The summed E-state index contributed by atoms with van der Waals surface area (Å²) < 4.78 is 8.66. The molecular weight excluding hydrogens is 341 g/mol. The molecule has 0 atom stereocenters. The Balaban J connectivity index is -0.0000000933. The number of carbonyl (C=O) groups is 3. The molecule has 0 heterocycles. The van der Waals surface area contributed by atoms with Crippen molar-refractivity contribution in [1.29, 1.82) is 0 Å². The number of hydrogen-bond acceptors (Lipinski definition) is 7. The number of rotatable bonds is 5. The van der Waals surface area contributed by atoms with E-state index in [1.165, 1.54) is 0 Å². The summed E-state index contributed by atoms with van der Waals surface area (Å²) in [5.41, 5.74) is -2.74. The predicted octanol–water partition coefficient (Wildman–Crippen LogP) is -10.3. The van der Waals surface area contributed by atoms with E-state index < -0.39 is 44.2 Å². The number of carboxylic acid groups (broad SMARTS) is 3. The third-order valence-electron chi connectivity index (χ3n) is 1.29. The number of hydrogen-bond donors (Lipinski definition) is 5. The molecule has 0 fully saturated rings. The standard InChI is InChI=1S/C6H8O7.2Na.H3O4P.H2O/c7-3(8)1-6(13,5(11)12)2-4(9)10;;;1-5(2,3)4;/h13H,1-2H2,(H,7,8)(H,9,10)(H,11,12);;;(H3,1,2,3,4);1H2/q;2*+1;;/p-2. The van der Waals surface area contributed by atoms with Gasteiger partial charge in [0.1, 0.15) is 0 Å². The van der Waals surface area contributed by atoms with E-state index in [1.54, 1.807) is 0 Å². The third-order valence-corrected chi connectivity index (χ3v) is 1.29. The van der Waals surface area contributed by atoms with Crippen LogP contribution in [0.1, 0.15) is 12.8 Å². The SMILES string of the molecule is O.O=C(O)CC(O)(CC(=O)O)C(=O)O.O=P([O-])([O-])O.[Na+].[Na+]. The van der Waals surface area contributed by atoms with E-state index >= 15 is 0 Å². The van der Waals surface area contributed by atoms with Gasteiger partial charge < -0.3 is 45.1 Å². The van der Waals surface area contributed by atoms with Gasteiger partial charge in [-0.1, -0.05) is 0 Å². The first-order valence-electron chi connectivity index (χ1n) is 3.92. The Labute approximate surface area is 161 Å². The molecule has 0 rings (SSSR count). The van der Waals surface area contributed by atoms with Crippen molar-refractivity contribution in [3.05, 3.63) is 0 Å². The fourth-order valence-electron chi connectivity index (χ4n) is 0.714. The molecule has 0 saturated carbocycles. The minimum atomic E-state index is -5.14. The van der Waals surface area contributed by atoms with Gasteiger partial charge in [0, 0.05) is 0 Å². The van der Waals surface area contributed by atoms with Crippen molar-refractivity contribution in [3.8, 4) is 0 Å². The van der Waals surface area contributed by atoms with Gasteiger partial charge in [-0.15, -0.1) is 0 Å². The van der Waals surface area contributed by atoms with E-state index in [0.29, 0.717) is 0 Å². The largest absolute Gasteiger partial charge is 1.00 e. The summed E-state index contributed by atoms with van der Waals surface area (Å²) in [6, 6.07) is 0. The second-order valence-electron chi connectivity index (χ2n) is 2.95. The van der Waals surface area contributed by atoms with Crippen LogP contribution in [0.2, 0.25) is 0 Å². The molecule has 0 aliphatic rings. The molecule has 7 N–H and O–H groups in total. The Morgan fingerprint density at radius 1 is 0.952 bits per heavy atom. The second kappa shape index (κ2) is 14.1. The number of aliphatic hydroxyl groups is 1. The van der Waals surface area contributed by atoms with Crippen LogP contribution in [0.15, 0.2) is 0 Å². The molecule has 21 heavy (non-hydrogen) atoms. The maximum absolute atomic E-state index is 10.3. The first kappa shape index (κ1) is 33.1. The molecule has 0 bridgehead atoms. The monoisotopic (exact) mass is 352 g/mol. The topological polar surface area (TPSA) is 247 Å². The first-order valence-corrected chi connectivity index (χ1v) is 5.41. The molecule has 15 heteroatoms. The fourth-order valence-corrected chi connectivity index (χ4v) is 0.714. The van der Waals surface area contributed by atoms with E-state index in [2.05, 4.69) is 0 Å². The second-order valence-corrected chi connectivity index (χ2v) is 3.88. The van der Waals surface area contributed by atoms with Gasteiger partial charge in [-0.25, -0.2) is 4.79 Å². The van der Waals surface area contributed by atoms with Crippen molar-refractivity contribution in [2.75, 3.05) is 0 Å². The Morgan fingerprint density at radius 2 is 1.14 bits per heavy atom. The first-order chi connectivity index (χ1) is 7.78. The molecular formula is C6H11Na2O12P. The van der Waals surface area contributed by atoms with Crippen molar-refractivity contribution in [2.45, 2.75) is 18.4 Å². The molecule has 0 spiro atoms. The summed E-state index contributed by atoms with van der Waals surface area (Å²) in [7, 11) is -5.14. The van der Waals surface area contributed by atoms with Gasteiger partial charge in [0.05, 0.1) is 20.7 Å². The molecule has 114 valence electrons.